The fourth-order valence-electron chi connectivity index (χ4n) is 3.36. The van der Waals surface area contributed by atoms with Gasteiger partial charge in [0.1, 0.15) is 11.1 Å². The van der Waals surface area contributed by atoms with Crippen molar-refractivity contribution in [2.24, 2.45) is 0 Å². The number of carbonyl (C=O) groups is 1. The molecule has 0 spiro atoms. The van der Waals surface area contributed by atoms with Crippen LogP contribution in [0.15, 0.2) is 48.9 Å². The Kier molecular flexibility index (Phi) is 5.82. The van der Waals surface area contributed by atoms with Gasteiger partial charge in [0.2, 0.25) is 11.9 Å². The number of hydrogen-bond donors (Lipinski definition) is 3. The zero-order valence-corrected chi connectivity index (χ0v) is 17.1. The number of aliphatic hydroxyl groups is 1. The van der Waals surface area contributed by atoms with Crippen molar-refractivity contribution in [2.75, 3.05) is 30.8 Å². The quantitative estimate of drug-likeness (QED) is 0.531. The molecule has 1 aliphatic heterocycles. The molecule has 2 atom stereocenters. The van der Waals surface area contributed by atoms with E-state index in [1.807, 2.05) is 30.3 Å². The minimum atomic E-state index is -0.362. The van der Waals surface area contributed by atoms with E-state index >= 15 is 0 Å². The van der Waals surface area contributed by atoms with E-state index in [-0.39, 0.29) is 24.6 Å². The van der Waals surface area contributed by atoms with E-state index in [9.17, 15) is 9.90 Å². The van der Waals surface area contributed by atoms with Gasteiger partial charge in [-0.15, -0.1) is 0 Å². The lowest BCUT2D eigenvalue weighted by Crippen LogP contribution is -2.24. The average Bonchev–Trinajstić information content (AvgIpc) is 3.35. The van der Waals surface area contributed by atoms with Gasteiger partial charge in [-0.25, -0.2) is 4.98 Å². The van der Waals surface area contributed by atoms with Gasteiger partial charge in [-0.2, -0.15) is 10.1 Å². The van der Waals surface area contributed by atoms with Crippen molar-refractivity contribution < 1.29 is 9.90 Å². The Morgan fingerprint density at radius 3 is 2.80 bits per heavy atom. The number of halogens is 1. The maximum atomic E-state index is 12.2. The number of benzene rings is 1. The van der Waals surface area contributed by atoms with Crippen molar-refractivity contribution in [3.63, 3.8) is 0 Å². The fraction of sp³-hybridized carbons (Fsp3) is 0.300. The smallest absolute Gasteiger partial charge is 0.247 e. The Labute approximate surface area is 178 Å². The predicted molar refractivity (Wildman–Crippen MR) is 114 cm³/mol. The standard InChI is InChI=1S/C20H22ClN7O2/c1-27-8-7-17(19(27)30)28-11-14(9-23-28)24-20-22-10-15(21)18(26-20)25-16(12-29)13-5-3-2-4-6-13/h2-6,9-11,16-17,29H,7-8,12H2,1H3,(H2,22,24,25,26)/t16-,17?/m1/s1. The molecule has 1 fully saturated rings. The maximum absolute atomic E-state index is 12.2. The minimum absolute atomic E-state index is 0.0508. The fourth-order valence-corrected chi connectivity index (χ4v) is 3.51. The zero-order valence-electron chi connectivity index (χ0n) is 16.4. The minimum Gasteiger partial charge on any atom is -0.394 e. The first-order chi connectivity index (χ1) is 14.5. The SMILES string of the molecule is CN1CCC(n2cc(Nc3ncc(Cl)c(N[C@H](CO)c4ccccc4)n3)cn2)C1=O. The van der Waals surface area contributed by atoms with E-state index in [1.165, 1.54) is 6.20 Å². The van der Waals surface area contributed by atoms with Gasteiger partial charge in [0, 0.05) is 19.8 Å². The summed E-state index contributed by atoms with van der Waals surface area (Å²) in [5.74, 6) is 0.771. The summed E-state index contributed by atoms with van der Waals surface area (Å²) in [6.07, 6.45) is 5.59. The van der Waals surface area contributed by atoms with Crippen LogP contribution in [0.3, 0.4) is 0 Å². The highest BCUT2D eigenvalue weighted by atomic mass is 35.5. The second kappa shape index (κ2) is 8.68. The van der Waals surface area contributed by atoms with Crippen LogP contribution in [0, 0.1) is 0 Å². The van der Waals surface area contributed by atoms with Crippen LogP contribution in [-0.2, 0) is 4.79 Å². The lowest BCUT2D eigenvalue weighted by atomic mass is 10.1. The molecule has 3 heterocycles. The number of anilines is 3. The topological polar surface area (TPSA) is 108 Å². The molecule has 1 amide bonds. The summed E-state index contributed by atoms with van der Waals surface area (Å²) >= 11 is 6.25. The molecule has 0 bridgehead atoms. The van der Waals surface area contributed by atoms with Crippen molar-refractivity contribution in [3.8, 4) is 0 Å². The van der Waals surface area contributed by atoms with Crippen LogP contribution in [0.4, 0.5) is 17.5 Å². The molecular weight excluding hydrogens is 406 g/mol. The molecule has 1 aliphatic rings. The van der Waals surface area contributed by atoms with Crippen LogP contribution in [-0.4, -0.2) is 55.9 Å². The normalized spacial score (nSPS) is 17.2. The van der Waals surface area contributed by atoms with Crippen LogP contribution >= 0.6 is 11.6 Å². The highest BCUT2D eigenvalue weighted by molar-refractivity contribution is 6.32. The van der Waals surface area contributed by atoms with Gasteiger partial charge in [0.25, 0.3) is 0 Å². The predicted octanol–water partition coefficient (Wildman–Crippen LogP) is 2.62. The molecule has 0 aliphatic carbocycles. The molecule has 1 saturated heterocycles. The van der Waals surface area contributed by atoms with Crippen molar-refractivity contribution >= 4 is 35.0 Å². The highest BCUT2D eigenvalue weighted by Crippen LogP contribution is 2.27. The third-order valence-corrected chi connectivity index (χ3v) is 5.29. The van der Waals surface area contributed by atoms with Crippen molar-refractivity contribution in [2.45, 2.75) is 18.5 Å². The number of nitrogens with zero attached hydrogens (tertiary/aromatic N) is 5. The number of likely N-dealkylation sites (tertiary alicyclic amines) is 1. The van der Waals surface area contributed by atoms with E-state index < -0.39 is 0 Å². The summed E-state index contributed by atoms with van der Waals surface area (Å²) in [6.45, 7) is 0.596. The second-order valence-electron chi connectivity index (χ2n) is 7.08. The van der Waals surface area contributed by atoms with E-state index in [2.05, 4.69) is 25.7 Å². The monoisotopic (exact) mass is 427 g/mol. The van der Waals surface area contributed by atoms with Gasteiger partial charge in [0.15, 0.2) is 5.82 Å². The largest absolute Gasteiger partial charge is 0.394 e. The van der Waals surface area contributed by atoms with E-state index in [4.69, 9.17) is 11.6 Å². The molecule has 1 aromatic carbocycles. The summed E-state index contributed by atoms with van der Waals surface area (Å²) in [6, 6.07) is 8.90. The van der Waals surface area contributed by atoms with Crippen LogP contribution in [0.5, 0.6) is 0 Å². The zero-order chi connectivity index (χ0) is 21.1. The summed E-state index contributed by atoms with van der Waals surface area (Å²) in [5.41, 5.74) is 1.57. The van der Waals surface area contributed by atoms with Gasteiger partial charge >= 0.3 is 0 Å². The molecule has 0 saturated carbocycles. The molecule has 3 aromatic rings. The molecule has 1 unspecified atom stereocenters. The Morgan fingerprint density at radius 2 is 2.10 bits per heavy atom. The van der Waals surface area contributed by atoms with Gasteiger partial charge in [-0.05, 0) is 12.0 Å². The van der Waals surface area contributed by atoms with Crippen LogP contribution in [0.2, 0.25) is 5.02 Å². The summed E-state index contributed by atoms with van der Waals surface area (Å²) in [4.78, 5) is 22.5. The van der Waals surface area contributed by atoms with E-state index in [1.54, 1.807) is 29.0 Å². The van der Waals surface area contributed by atoms with Crippen LogP contribution < -0.4 is 10.6 Å². The number of hydrogen-bond acceptors (Lipinski definition) is 7. The number of carbonyl (C=O) groups excluding carboxylic acids is 1. The first kappa shape index (κ1) is 20.1. The maximum Gasteiger partial charge on any atom is 0.247 e. The average molecular weight is 428 g/mol. The van der Waals surface area contributed by atoms with Crippen LogP contribution in [0.1, 0.15) is 24.1 Å². The number of aliphatic hydroxyl groups excluding tert-OH is 1. The second-order valence-corrected chi connectivity index (χ2v) is 7.49. The Morgan fingerprint density at radius 1 is 1.30 bits per heavy atom. The molecule has 4 rings (SSSR count). The van der Waals surface area contributed by atoms with Crippen molar-refractivity contribution in [1.29, 1.82) is 0 Å². The lowest BCUT2D eigenvalue weighted by molar-refractivity contribution is -0.129. The molecule has 3 N–H and O–H groups in total. The molecule has 30 heavy (non-hydrogen) atoms. The number of rotatable bonds is 7. The molecule has 156 valence electrons. The van der Waals surface area contributed by atoms with E-state index in [0.717, 1.165) is 18.5 Å². The number of likely N-dealkylation sites (N-methyl/N-ethyl adjacent to an activating group) is 1. The Hall–Kier alpha value is -3.17. The number of aromatic nitrogens is 4. The van der Waals surface area contributed by atoms with Crippen LogP contribution in [0.25, 0.3) is 0 Å². The Bertz CT molecular complexity index is 1030. The number of amides is 1. The molecule has 10 heteroatoms. The third-order valence-electron chi connectivity index (χ3n) is 5.02. The van der Waals surface area contributed by atoms with Crippen molar-refractivity contribution in [3.05, 3.63) is 59.5 Å². The van der Waals surface area contributed by atoms with Gasteiger partial charge in [0.05, 0.1) is 30.7 Å². The lowest BCUT2D eigenvalue weighted by Gasteiger charge is -2.18. The van der Waals surface area contributed by atoms with Gasteiger partial charge in [-0.3, -0.25) is 9.48 Å². The third kappa shape index (κ3) is 4.22. The Balaban J connectivity index is 1.49. The molecule has 0 radical (unpaired) electrons. The molecule has 2 aromatic heterocycles. The van der Waals surface area contributed by atoms with Gasteiger partial charge in [-0.1, -0.05) is 41.9 Å². The number of nitrogens with one attached hydrogen (secondary N) is 2. The summed E-state index contributed by atoms with van der Waals surface area (Å²) in [7, 11) is 1.79. The first-order valence-corrected chi connectivity index (χ1v) is 9.94. The van der Waals surface area contributed by atoms with Gasteiger partial charge < -0.3 is 20.6 Å². The first-order valence-electron chi connectivity index (χ1n) is 9.56. The summed E-state index contributed by atoms with van der Waals surface area (Å²) in [5, 5.41) is 20.6. The molecule has 9 nitrogen and oxygen atoms in total. The highest BCUT2D eigenvalue weighted by Gasteiger charge is 2.31. The molecular formula is C20H22ClN7O2. The summed E-state index contributed by atoms with van der Waals surface area (Å²) < 4.78 is 1.65. The van der Waals surface area contributed by atoms with Crippen molar-refractivity contribution in [1.82, 2.24) is 24.6 Å². The van der Waals surface area contributed by atoms with E-state index in [0.29, 0.717) is 22.5 Å².